The minimum Gasteiger partial charge on any atom is -0.313 e. The van der Waals surface area contributed by atoms with Crippen LogP contribution in [-0.4, -0.2) is 16.3 Å². The molecule has 20 heavy (non-hydrogen) atoms. The second-order valence-corrected chi connectivity index (χ2v) is 4.42. The van der Waals surface area contributed by atoms with Crippen LogP contribution in [0, 0.1) is 5.82 Å². The number of alkyl halides is 2. The normalized spacial score (nSPS) is 11.2. The second-order valence-electron chi connectivity index (χ2n) is 4.42. The quantitative estimate of drug-likeness (QED) is 0.823. The Morgan fingerprint density at radius 3 is 2.55 bits per heavy atom. The molecule has 3 nitrogen and oxygen atoms in total. The number of benzene rings is 1. The fourth-order valence-corrected chi connectivity index (χ4v) is 1.95. The maximum Gasteiger partial charge on any atom is 0.280 e. The molecule has 0 saturated heterocycles. The highest BCUT2D eigenvalue weighted by molar-refractivity contribution is 5.35. The van der Waals surface area contributed by atoms with Gasteiger partial charge in [0.1, 0.15) is 11.5 Å². The number of nitrogens with zero attached hydrogens (tertiary/aromatic N) is 2. The number of hydrogen-bond acceptors (Lipinski definition) is 2. The van der Waals surface area contributed by atoms with Crippen molar-refractivity contribution >= 4 is 0 Å². The van der Waals surface area contributed by atoms with Gasteiger partial charge in [-0.1, -0.05) is 6.92 Å². The zero-order chi connectivity index (χ0) is 14.5. The van der Waals surface area contributed by atoms with Crippen LogP contribution in [0.2, 0.25) is 0 Å². The molecule has 1 aromatic heterocycles. The maximum absolute atomic E-state index is 13.2. The molecule has 108 valence electrons. The zero-order valence-corrected chi connectivity index (χ0v) is 11.1. The molecule has 0 bridgehead atoms. The molecule has 0 amide bonds. The topological polar surface area (TPSA) is 29.9 Å². The Kier molecular flexibility index (Phi) is 4.79. The third kappa shape index (κ3) is 3.19. The summed E-state index contributed by atoms with van der Waals surface area (Å²) in [5.41, 5.74) is 0.724. The van der Waals surface area contributed by atoms with Crippen LogP contribution in [0.25, 0.3) is 5.69 Å². The van der Waals surface area contributed by atoms with Gasteiger partial charge in [-0.25, -0.2) is 17.9 Å². The van der Waals surface area contributed by atoms with Crippen molar-refractivity contribution in [3.05, 3.63) is 47.5 Å². The summed E-state index contributed by atoms with van der Waals surface area (Å²) in [5.74, 6) is -0.413. The van der Waals surface area contributed by atoms with Crippen LogP contribution < -0.4 is 5.32 Å². The molecule has 1 N–H and O–H groups in total. The first-order valence-corrected chi connectivity index (χ1v) is 6.45. The van der Waals surface area contributed by atoms with E-state index >= 15 is 0 Å². The molecule has 0 aliphatic heterocycles. The minimum atomic E-state index is -2.64. The van der Waals surface area contributed by atoms with E-state index in [0.717, 1.165) is 17.6 Å². The van der Waals surface area contributed by atoms with Crippen molar-refractivity contribution in [2.75, 3.05) is 6.54 Å². The van der Waals surface area contributed by atoms with Gasteiger partial charge < -0.3 is 5.32 Å². The van der Waals surface area contributed by atoms with Gasteiger partial charge in [-0.05, 0) is 37.2 Å². The van der Waals surface area contributed by atoms with E-state index < -0.39 is 12.2 Å². The molecule has 0 atom stereocenters. The van der Waals surface area contributed by atoms with Gasteiger partial charge in [0, 0.05) is 12.1 Å². The summed E-state index contributed by atoms with van der Waals surface area (Å²) in [6.07, 6.45) is -0.287. The molecule has 0 radical (unpaired) electrons. The van der Waals surface area contributed by atoms with Crippen LogP contribution in [0.3, 0.4) is 0 Å². The molecular formula is C14H16F3N3. The van der Waals surface area contributed by atoms with E-state index in [1.165, 1.54) is 30.5 Å². The van der Waals surface area contributed by atoms with E-state index in [1.807, 2.05) is 6.92 Å². The van der Waals surface area contributed by atoms with Gasteiger partial charge in [0.25, 0.3) is 6.43 Å². The molecule has 2 aromatic rings. The van der Waals surface area contributed by atoms with Gasteiger partial charge in [0.2, 0.25) is 0 Å². The molecule has 0 unspecified atom stereocenters. The fourth-order valence-electron chi connectivity index (χ4n) is 1.95. The van der Waals surface area contributed by atoms with Crippen LogP contribution in [0.4, 0.5) is 13.2 Å². The Morgan fingerprint density at radius 1 is 1.25 bits per heavy atom. The Balaban J connectivity index is 2.31. The van der Waals surface area contributed by atoms with Gasteiger partial charge in [0.15, 0.2) is 0 Å². The predicted molar refractivity (Wildman–Crippen MR) is 70.5 cm³/mol. The van der Waals surface area contributed by atoms with E-state index in [9.17, 15) is 13.2 Å². The molecule has 0 fully saturated rings. The summed E-state index contributed by atoms with van der Waals surface area (Å²) in [7, 11) is 0. The molecule has 0 saturated carbocycles. The van der Waals surface area contributed by atoms with E-state index in [1.54, 1.807) is 0 Å². The van der Waals surface area contributed by atoms with Crippen LogP contribution in [0.1, 0.15) is 31.0 Å². The molecule has 1 heterocycles. The van der Waals surface area contributed by atoms with Gasteiger partial charge in [0.05, 0.1) is 11.9 Å². The molecular weight excluding hydrogens is 267 g/mol. The highest BCUT2D eigenvalue weighted by Gasteiger charge is 2.20. The highest BCUT2D eigenvalue weighted by atomic mass is 19.3. The predicted octanol–water partition coefficient (Wildman–Crippen LogP) is 3.45. The van der Waals surface area contributed by atoms with Crippen LogP contribution >= 0.6 is 0 Å². The number of aromatic nitrogens is 2. The van der Waals surface area contributed by atoms with Crippen molar-refractivity contribution in [3.63, 3.8) is 0 Å². The van der Waals surface area contributed by atoms with Crippen LogP contribution in [0.15, 0.2) is 30.5 Å². The van der Waals surface area contributed by atoms with Gasteiger partial charge in [-0.3, -0.25) is 0 Å². The lowest BCUT2D eigenvalue weighted by Crippen LogP contribution is -2.15. The van der Waals surface area contributed by atoms with Crippen molar-refractivity contribution in [3.8, 4) is 5.69 Å². The average molecular weight is 283 g/mol. The van der Waals surface area contributed by atoms with Crippen molar-refractivity contribution in [1.82, 2.24) is 15.1 Å². The first-order chi connectivity index (χ1) is 9.63. The first kappa shape index (κ1) is 14.6. The molecule has 0 aliphatic carbocycles. The van der Waals surface area contributed by atoms with Gasteiger partial charge in [-0.15, -0.1) is 0 Å². The number of hydrogen-bond donors (Lipinski definition) is 1. The summed E-state index contributed by atoms with van der Waals surface area (Å²) < 4.78 is 40.5. The van der Waals surface area contributed by atoms with Gasteiger partial charge >= 0.3 is 0 Å². The second kappa shape index (κ2) is 6.56. The largest absolute Gasteiger partial charge is 0.313 e. The van der Waals surface area contributed by atoms with E-state index in [4.69, 9.17) is 0 Å². The molecule has 6 heteroatoms. The van der Waals surface area contributed by atoms with Crippen molar-refractivity contribution < 1.29 is 13.2 Å². The minimum absolute atomic E-state index is 0.153. The maximum atomic E-state index is 13.2. The third-order valence-electron chi connectivity index (χ3n) is 2.91. The first-order valence-electron chi connectivity index (χ1n) is 6.45. The number of rotatable bonds is 6. The fraction of sp³-hybridized carbons (Fsp3) is 0.357. The zero-order valence-electron chi connectivity index (χ0n) is 11.1. The van der Waals surface area contributed by atoms with E-state index in [0.29, 0.717) is 17.8 Å². The molecule has 1 aromatic carbocycles. The summed E-state index contributed by atoms with van der Waals surface area (Å²) in [6.45, 7) is 3.10. The van der Waals surface area contributed by atoms with E-state index in [2.05, 4.69) is 10.4 Å². The summed E-state index contributed by atoms with van der Waals surface area (Å²) in [4.78, 5) is 0. The Morgan fingerprint density at radius 2 is 1.95 bits per heavy atom. The lowest BCUT2D eigenvalue weighted by atomic mass is 10.2. The summed E-state index contributed by atoms with van der Waals surface area (Å²) in [6, 6.07) is 5.30. The molecule has 2 rings (SSSR count). The van der Waals surface area contributed by atoms with Crippen molar-refractivity contribution in [2.45, 2.75) is 26.3 Å². The van der Waals surface area contributed by atoms with Crippen molar-refractivity contribution in [2.24, 2.45) is 0 Å². The monoisotopic (exact) mass is 283 g/mol. The lowest BCUT2D eigenvalue weighted by molar-refractivity contribution is 0.141. The standard InChI is InChI=1S/C14H16F3N3/c1-2-7-18-8-10-9-19-20(13(10)14(16)17)12-5-3-11(15)4-6-12/h3-6,9,14,18H,2,7-8H2,1H3. The average Bonchev–Trinajstić information content (AvgIpc) is 2.84. The van der Waals surface area contributed by atoms with Gasteiger partial charge in [-0.2, -0.15) is 5.10 Å². The Labute approximate surface area is 115 Å². The highest BCUT2D eigenvalue weighted by Crippen LogP contribution is 2.25. The van der Waals surface area contributed by atoms with Crippen molar-refractivity contribution in [1.29, 1.82) is 0 Å². The van der Waals surface area contributed by atoms with Crippen LogP contribution in [-0.2, 0) is 6.54 Å². The Hall–Kier alpha value is -1.82. The van der Waals surface area contributed by atoms with E-state index in [-0.39, 0.29) is 5.69 Å². The molecule has 0 spiro atoms. The number of nitrogens with one attached hydrogen (secondary N) is 1. The SMILES string of the molecule is CCCNCc1cnn(-c2ccc(F)cc2)c1C(F)F. The number of halogens is 3. The smallest absolute Gasteiger partial charge is 0.280 e. The Bertz CT molecular complexity index is 549. The lowest BCUT2D eigenvalue weighted by Gasteiger charge is -2.09. The summed E-state index contributed by atoms with van der Waals surface area (Å²) >= 11 is 0. The summed E-state index contributed by atoms with van der Waals surface area (Å²) in [5, 5.41) is 7.06. The third-order valence-corrected chi connectivity index (χ3v) is 2.91. The molecule has 0 aliphatic rings. The van der Waals surface area contributed by atoms with Crippen LogP contribution in [0.5, 0.6) is 0 Å².